The maximum Gasteiger partial charge on any atom is 0.335 e. The Kier molecular flexibility index (Phi) is 7.17. The van der Waals surface area contributed by atoms with Gasteiger partial charge in [0.1, 0.15) is 18.1 Å². The third kappa shape index (κ3) is 5.23. The molecule has 0 radical (unpaired) electrons. The van der Waals surface area contributed by atoms with Crippen LogP contribution in [0, 0.1) is 0 Å². The number of nitrogens with one attached hydrogen (secondary N) is 1. The first kappa shape index (κ1) is 21.5. The second-order valence-corrected chi connectivity index (χ2v) is 7.29. The van der Waals surface area contributed by atoms with E-state index < -0.39 is 5.97 Å². The number of anilines is 2. The van der Waals surface area contributed by atoms with E-state index in [1.165, 1.54) is 13.2 Å². The Morgan fingerprint density at radius 1 is 1.20 bits per heavy atom. The molecular weight excluding hydrogens is 384 g/mol. The number of ether oxygens (including phenoxy) is 2. The number of fused-ring (bicyclic) bond motifs is 1. The Morgan fingerprint density at radius 2 is 2.03 bits per heavy atom. The maximum absolute atomic E-state index is 12.2. The van der Waals surface area contributed by atoms with Gasteiger partial charge in [0.15, 0.2) is 0 Å². The molecule has 160 valence electrons. The van der Waals surface area contributed by atoms with E-state index in [0.29, 0.717) is 31.9 Å². The predicted octanol–water partition coefficient (Wildman–Crippen LogP) is 4.31. The summed E-state index contributed by atoms with van der Waals surface area (Å²) in [6, 6.07) is 10.5. The van der Waals surface area contributed by atoms with E-state index in [-0.39, 0.29) is 11.5 Å². The summed E-state index contributed by atoms with van der Waals surface area (Å²) in [4.78, 5) is 25.5. The molecule has 0 saturated heterocycles. The van der Waals surface area contributed by atoms with Gasteiger partial charge in [-0.1, -0.05) is 25.8 Å². The second-order valence-electron chi connectivity index (χ2n) is 7.29. The molecule has 7 heteroatoms. The molecule has 0 aromatic heterocycles. The normalized spacial score (nSPS) is 12.7. The lowest BCUT2D eigenvalue weighted by atomic mass is 10.1. The summed E-state index contributed by atoms with van der Waals surface area (Å²) in [5.74, 6) is 0.308. The molecule has 0 atom stereocenters. The number of carboxylic acid groups (broad SMARTS) is 1. The standard InChI is InChI=1S/C23H28N2O5/c1-3-4-5-6-22(26)24-18-9-10-20-19(14-18)25(11-12-30-20)15-17-8-7-16(23(27)28)13-21(17)29-2/h7-10,13-14H,3-6,11-12,15H2,1-2H3,(H,24,26)(H,27,28). The molecule has 0 unspecified atom stereocenters. The van der Waals surface area contributed by atoms with Crippen molar-refractivity contribution in [2.75, 3.05) is 30.5 Å². The number of methoxy groups -OCH3 is 1. The lowest BCUT2D eigenvalue weighted by Crippen LogP contribution is -2.32. The van der Waals surface area contributed by atoms with Gasteiger partial charge in [-0.25, -0.2) is 4.79 Å². The Hall–Kier alpha value is -3.22. The SMILES string of the molecule is CCCCCC(=O)Nc1ccc2c(c1)N(Cc1ccc(C(=O)O)cc1OC)CCO2. The Bertz CT molecular complexity index is 912. The largest absolute Gasteiger partial charge is 0.496 e. The van der Waals surface area contributed by atoms with Gasteiger partial charge in [0.25, 0.3) is 0 Å². The van der Waals surface area contributed by atoms with Crippen LogP contribution in [-0.2, 0) is 11.3 Å². The molecule has 2 aromatic rings. The first-order chi connectivity index (χ1) is 14.5. The smallest absolute Gasteiger partial charge is 0.335 e. The number of hydrogen-bond acceptors (Lipinski definition) is 5. The summed E-state index contributed by atoms with van der Waals surface area (Å²) in [6.45, 7) is 3.86. The van der Waals surface area contributed by atoms with Gasteiger partial charge in [-0.05, 0) is 36.8 Å². The van der Waals surface area contributed by atoms with Gasteiger partial charge in [0, 0.05) is 24.2 Å². The van der Waals surface area contributed by atoms with Crippen LogP contribution in [0.4, 0.5) is 11.4 Å². The van der Waals surface area contributed by atoms with Crippen molar-refractivity contribution in [1.82, 2.24) is 0 Å². The van der Waals surface area contributed by atoms with E-state index in [2.05, 4.69) is 17.1 Å². The zero-order valence-corrected chi connectivity index (χ0v) is 17.4. The number of aromatic carboxylic acids is 1. The van der Waals surface area contributed by atoms with Gasteiger partial charge in [0.05, 0.1) is 24.9 Å². The highest BCUT2D eigenvalue weighted by atomic mass is 16.5. The first-order valence-corrected chi connectivity index (χ1v) is 10.2. The number of carboxylic acids is 1. The molecule has 0 spiro atoms. The van der Waals surface area contributed by atoms with E-state index >= 15 is 0 Å². The van der Waals surface area contributed by atoms with Crippen LogP contribution in [0.25, 0.3) is 0 Å². The minimum Gasteiger partial charge on any atom is -0.496 e. The number of unbranched alkanes of at least 4 members (excludes halogenated alkanes) is 2. The molecule has 0 bridgehead atoms. The molecule has 1 heterocycles. The van der Waals surface area contributed by atoms with Gasteiger partial charge >= 0.3 is 5.97 Å². The molecule has 2 N–H and O–H groups in total. The van der Waals surface area contributed by atoms with E-state index in [4.69, 9.17) is 9.47 Å². The summed E-state index contributed by atoms with van der Waals surface area (Å²) < 4.78 is 11.2. The molecule has 7 nitrogen and oxygen atoms in total. The predicted molar refractivity (Wildman–Crippen MR) is 116 cm³/mol. The molecule has 0 saturated carbocycles. The van der Waals surface area contributed by atoms with Crippen molar-refractivity contribution >= 4 is 23.3 Å². The maximum atomic E-state index is 12.2. The highest BCUT2D eigenvalue weighted by molar-refractivity contribution is 5.91. The van der Waals surface area contributed by atoms with Crippen molar-refractivity contribution in [1.29, 1.82) is 0 Å². The highest BCUT2D eigenvalue weighted by Gasteiger charge is 2.21. The molecule has 0 fully saturated rings. The molecule has 30 heavy (non-hydrogen) atoms. The molecule has 3 rings (SSSR count). The zero-order chi connectivity index (χ0) is 21.5. The van der Waals surface area contributed by atoms with Crippen LogP contribution in [0.5, 0.6) is 11.5 Å². The van der Waals surface area contributed by atoms with Crippen LogP contribution in [0.1, 0.15) is 48.5 Å². The number of amides is 1. The Morgan fingerprint density at radius 3 is 2.77 bits per heavy atom. The summed E-state index contributed by atoms with van der Waals surface area (Å²) >= 11 is 0. The van der Waals surface area contributed by atoms with Crippen LogP contribution in [0.3, 0.4) is 0 Å². The number of nitrogens with zero attached hydrogens (tertiary/aromatic N) is 1. The van der Waals surface area contributed by atoms with E-state index in [9.17, 15) is 14.7 Å². The molecular formula is C23H28N2O5. The first-order valence-electron chi connectivity index (χ1n) is 10.2. The average Bonchev–Trinajstić information content (AvgIpc) is 2.74. The highest BCUT2D eigenvalue weighted by Crippen LogP contribution is 2.36. The Balaban J connectivity index is 1.78. The van der Waals surface area contributed by atoms with E-state index in [1.54, 1.807) is 12.1 Å². The summed E-state index contributed by atoms with van der Waals surface area (Å²) in [6.07, 6.45) is 3.52. The van der Waals surface area contributed by atoms with Crippen LogP contribution < -0.4 is 19.7 Å². The number of benzene rings is 2. The van der Waals surface area contributed by atoms with Crippen molar-refractivity contribution in [2.45, 2.75) is 39.2 Å². The Labute approximate surface area is 176 Å². The lowest BCUT2D eigenvalue weighted by Gasteiger charge is -2.32. The topological polar surface area (TPSA) is 88.1 Å². The number of carbonyl (C=O) groups is 2. The quantitative estimate of drug-likeness (QED) is 0.597. The molecule has 1 aliphatic rings. The van der Waals surface area contributed by atoms with Crippen molar-refractivity contribution in [3.63, 3.8) is 0 Å². The van der Waals surface area contributed by atoms with Crippen LogP contribution in [-0.4, -0.2) is 37.2 Å². The van der Waals surface area contributed by atoms with Gasteiger partial charge < -0.3 is 24.8 Å². The molecule has 0 aliphatic carbocycles. The van der Waals surface area contributed by atoms with Crippen molar-refractivity contribution in [2.24, 2.45) is 0 Å². The minimum absolute atomic E-state index is 0.0117. The zero-order valence-electron chi connectivity index (χ0n) is 17.4. The monoisotopic (exact) mass is 412 g/mol. The summed E-state index contributed by atoms with van der Waals surface area (Å²) in [5.41, 5.74) is 2.69. The van der Waals surface area contributed by atoms with E-state index in [1.807, 2.05) is 18.2 Å². The minimum atomic E-state index is -0.990. The fraction of sp³-hybridized carbons (Fsp3) is 0.391. The van der Waals surface area contributed by atoms with Gasteiger partial charge in [-0.3, -0.25) is 4.79 Å². The van der Waals surface area contributed by atoms with Crippen LogP contribution in [0.2, 0.25) is 0 Å². The van der Waals surface area contributed by atoms with Crippen molar-refractivity contribution in [3.05, 3.63) is 47.5 Å². The fourth-order valence-electron chi connectivity index (χ4n) is 3.49. The number of rotatable bonds is 9. The van der Waals surface area contributed by atoms with Crippen LogP contribution >= 0.6 is 0 Å². The van der Waals surface area contributed by atoms with Crippen LogP contribution in [0.15, 0.2) is 36.4 Å². The number of hydrogen-bond donors (Lipinski definition) is 2. The van der Waals surface area contributed by atoms with Gasteiger partial charge in [-0.15, -0.1) is 0 Å². The lowest BCUT2D eigenvalue weighted by molar-refractivity contribution is -0.116. The van der Waals surface area contributed by atoms with E-state index in [0.717, 1.165) is 42.0 Å². The number of carbonyl (C=O) groups excluding carboxylic acids is 1. The molecule has 1 aliphatic heterocycles. The van der Waals surface area contributed by atoms with Gasteiger partial charge in [0.2, 0.25) is 5.91 Å². The average molecular weight is 412 g/mol. The second kappa shape index (κ2) is 10.0. The van der Waals surface area contributed by atoms with Gasteiger partial charge in [-0.2, -0.15) is 0 Å². The molecule has 2 aromatic carbocycles. The fourth-order valence-corrected chi connectivity index (χ4v) is 3.49. The van der Waals surface area contributed by atoms with Crippen molar-refractivity contribution in [3.8, 4) is 11.5 Å². The summed E-state index contributed by atoms with van der Waals surface area (Å²) in [7, 11) is 1.53. The summed E-state index contributed by atoms with van der Waals surface area (Å²) in [5, 5.41) is 12.2. The molecule has 1 amide bonds. The van der Waals surface area contributed by atoms with Crippen molar-refractivity contribution < 1.29 is 24.2 Å². The third-order valence-corrected chi connectivity index (χ3v) is 5.10. The third-order valence-electron chi connectivity index (χ3n) is 5.10.